The van der Waals surface area contributed by atoms with Gasteiger partial charge in [-0.2, -0.15) is 0 Å². The van der Waals surface area contributed by atoms with Gasteiger partial charge >= 0.3 is 0 Å². The highest BCUT2D eigenvalue weighted by molar-refractivity contribution is 6.03. The Kier molecular flexibility index (Phi) is 15.2. The summed E-state index contributed by atoms with van der Waals surface area (Å²) in [6, 6.07) is 21.8. The molecule has 0 aliphatic rings. The highest BCUT2D eigenvalue weighted by atomic mass is 16.5. The van der Waals surface area contributed by atoms with Gasteiger partial charge in [-0.15, -0.1) is 0 Å². The first-order valence-electron chi connectivity index (χ1n) is 18.6. The van der Waals surface area contributed by atoms with Crippen molar-refractivity contribution in [3.8, 4) is 23.0 Å². The summed E-state index contributed by atoms with van der Waals surface area (Å²) in [4.78, 5) is 34.7. The summed E-state index contributed by atoms with van der Waals surface area (Å²) in [6.45, 7) is 15.2. The first-order chi connectivity index (χ1) is 26.2. The van der Waals surface area contributed by atoms with Crippen LogP contribution >= 0.6 is 0 Å². The van der Waals surface area contributed by atoms with Crippen LogP contribution in [0.2, 0.25) is 0 Å². The fourth-order valence-electron chi connectivity index (χ4n) is 5.51. The van der Waals surface area contributed by atoms with Crippen LogP contribution in [-0.2, 0) is 9.59 Å². The van der Waals surface area contributed by atoms with E-state index in [2.05, 4.69) is 26.7 Å². The number of carbonyl (C=O) groups is 2. The van der Waals surface area contributed by atoms with Crippen LogP contribution in [0.4, 0.5) is 11.4 Å². The summed E-state index contributed by atoms with van der Waals surface area (Å²) >= 11 is 0. The summed E-state index contributed by atoms with van der Waals surface area (Å²) in [5.74, 6) is 1.39. The number of nitrogens with one attached hydrogen (secondary N) is 2. The fraction of sp³-hybridized carbons (Fsp3) is 0.333. The highest BCUT2D eigenvalue weighted by Crippen LogP contribution is 2.28. The lowest BCUT2D eigenvalue weighted by Gasteiger charge is -2.24. The van der Waals surface area contributed by atoms with E-state index < -0.39 is 5.41 Å². The number of hydrogen-bond acceptors (Lipinski definition) is 8. The van der Waals surface area contributed by atoms with Gasteiger partial charge in [-0.05, 0) is 118 Å². The molecule has 4 aromatic carbocycles. The van der Waals surface area contributed by atoms with E-state index in [-0.39, 0.29) is 23.3 Å². The van der Waals surface area contributed by atoms with Crippen LogP contribution in [0.3, 0.4) is 0 Å². The van der Waals surface area contributed by atoms with Crippen molar-refractivity contribution >= 4 is 35.6 Å². The number of phenols is 2. The molecule has 0 saturated carbocycles. The number of carbonyl (C=O) groups excluding carboxylic acids is 2. The largest absolute Gasteiger partial charge is 0.507 e. The molecule has 0 saturated heterocycles. The van der Waals surface area contributed by atoms with E-state index in [9.17, 15) is 19.8 Å². The first-order valence-corrected chi connectivity index (χ1v) is 18.6. The molecule has 4 N–H and O–H groups in total. The van der Waals surface area contributed by atoms with E-state index in [1.54, 1.807) is 31.2 Å². The Balaban J connectivity index is 1.22. The molecule has 0 unspecified atom stereocenters. The number of nitrogens with zero attached hydrogens (tertiary/aromatic N) is 2. The van der Waals surface area contributed by atoms with Gasteiger partial charge in [0.1, 0.15) is 23.0 Å². The van der Waals surface area contributed by atoms with Gasteiger partial charge in [-0.25, -0.2) is 0 Å². The van der Waals surface area contributed by atoms with Crippen molar-refractivity contribution in [1.29, 1.82) is 0 Å². The van der Waals surface area contributed by atoms with Gasteiger partial charge in [0, 0.05) is 52.3 Å². The standard InChI is InChI=1S/C45H54N4O6/c1-30-11-13-32(3)41(24-30)54-22-8-10-34(5)43(52)48-37-15-17-39(50)35(26-37)28-46-20-21-47-29-36-27-38(16-18-40(36)51)49-44(53)45(6,7)19-9-23-55-42-25-31(2)12-14-33(42)4/h10-18,24-29,50-51H,8-9,19-23H2,1-7H3,(H,48,52)(H,49,53)/b34-10+,46-28?,47-29?. The summed E-state index contributed by atoms with van der Waals surface area (Å²) < 4.78 is 11.9. The average Bonchev–Trinajstić information content (AvgIpc) is 3.14. The quantitative estimate of drug-likeness (QED) is 0.0347. The van der Waals surface area contributed by atoms with Gasteiger partial charge in [0.05, 0.1) is 26.3 Å². The van der Waals surface area contributed by atoms with Crippen molar-refractivity contribution in [2.45, 2.75) is 67.7 Å². The number of aromatic hydroxyl groups is 2. The lowest BCUT2D eigenvalue weighted by atomic mass is 9.87. The summed E-state index contributed by atoms with van der Waals surface area (Å²) in [6.07, 6.45) is 6.83. The van der Waals surface area contributed by atoms with Crippen molar-refractivity contribution in [2.75, 3.05) is 36.9 Å². The molecule has 0 radical (unpaired) electrons. The Morgan fingerprint density at radius 3 is 1.76 bits per heavy atom. The van der Waals surface area contributed by atoms with Crippen LogP contribution in [0.1, 0.15) is 73.4 Å². The van der Waals surface area contributed by atoms with Gasteiger partial charge in [-0.3, -0.25) is 19.6 Å². The zero-order valence-corrected chi connectivity index (χ0v) is 33.0. The first kappa shape index (κ1) is 41.9. The molecule has 0 heterocycles. The minimum absolute atomic E-state index is 0.0266. The minimum atomic E-state index is -0.637. The maximum atomic E-state index is 13.2. The van der Waals surface area contributed by atoms with Gasteiger partial charge in [0.25, 0.3) is 5.91 Å². The number of aryl methyl sites for hydroxylation is 4. The normalized spacial score (nSPS) is 11.9. The van der Waals surface area contributed by atoms with Crippen LogP contribution in [0.5, 0.6) is 23.0 Å². The monoisotopic (exact) mass is 746 g/mol. The second kappa shape index (κ2) is 20.0. The Morgan fingerprint density at radius 1 is 0.709 bits per heavy atom. The Bertz CT molecular complexity index is 2050. The second-order valence-corrected chi connectivity index (χ2v) is 14.4. The zero-order valence-electron chi connectivity index (χ0n) is 33.0. The molecule has 10 heteroatoms. The summed E-state index contributed by atoms with van der Waals surface area (Å²) in [5, 5.41) is 26.6. The molecule has 10 nitrogen and oxygen atoms in total. The van der Waals surface area contributed by atoms with E-state index in [4.69, 9.17) is 9.47 Å². The third kappa shape index (κ3) is 13.2. The van der Waals surface area contributed by atoms with E-state index in [1.807, 2.05) is 78.0 Å². The fourth-order valence-corrected chi connectivity index (χ4v) is 5.51. The number of rotatable bonds is 18. The molecule has 0 aromatic heterocycles. The predicted molar refractivity (Wildman–Crippen MR) is 223 cm³/mol. The number of ether oxygens (including phenoxy) is 2. The smallest absolute Gasteiger partial charge is 0.250 e. The number of amides is 2. The molecule has 4 aromatic rings. The topological polar surface area (TPSA) is 142 Å². The lowest BCUT2D eigenvalue weighted by molar-refractivity contribution is -0.124. The molecule has 0 bridgehead atoms. The van der Waals surface area contributed by atoms with E-state index >= 15 is 0 Å². The van der Waals surface area contributed by atoms with Crippen LogP contribution < -0.4 is 20.1 Å². The molecule has 2 amide bonds. The Hall–Kier alpha value is -5.90. The van der Waals surface area contributed by atoms with Crippen LogP contribution in [0.15, 0.2) is 94.4 Å². The van der Waals surface area contributed by atoms with Crippen LogP contribution in [0.25, 0.3) is 0 Å². The van der Waals surface area contributed by atoms with Crippen molar-refractivity contribution in [1.82, 2.24) is 0 Å². The minimum Gasteiger partial charge on any atom is -0.507 e. The van der Waals surface area contributed by atoms with Crippen molar-refractivity contribution in [3.05, 3.63) is 118 Å². The van der Waals surface area contributed by atoms with Gasteiger partial charge < -0.3 is 30.3 Å². The number of anilines is 2. The van der Waals surface area contributed by atoms with E-state index in [0.29, 0.717) is 67.2 Å². The third-order valence-corrected chi connectivity index (χ3v) is 9.08. The average molecular weight is 747 g/mol. The predicted octanol–water partition coefficient (Wildman–Crippen LogP) is 9.05. The molecule has 0 atom stereocenters. The van der Waals surface area contributed by atoms with Crippen molar-refractivity contribution in [2.24, 2.45) is 15.4 Å². The molecular formula is C45H54N4O6. The van der Waals surface area contributed by atoms with Gasteiger partial charge in [0.15, 0.2) is 0 Å². The Morgan fingerprint density at radius 2 is 1.22 bits per heavy atom. The molecule has 4 rings (SSSR count). The SMILES string of the molecule is C/C(=C\CCOc1cc(C)ccc1C)C(=O)Nc1ccc(O)c(C=NCCN=Cc2cc(NC(=O)C(C)(C)CCCOc3cc(C)ccc3C)ccc2O)c1. The lowest BCUT2D eigenvalue weighted by Crippen LogP contribution is -2.31. The highest BCUT2D eigenvalue weighted by Gasteiger charge is 2.27. The van der Waals surface area contributed by atoms with Gasteiger partial charge in [0.2, 0.25) is 5.91 Å². The number of phenolic OH excluding ortho intramolecular Hbond substituents is 2. The molecule has 290 valence electrons. The number of aliphatic imine (C=N–C) groups is 2. The number of hydrogen-bond donors (Lipinski definition) is 4. The van der Waals surface area contributed by atoms with E-state index in [0.717, 1.165) is 40.2 Å². The third-order valence-electron chi connectivity index (χ3n) is 9.08. The Labute approximate surface area is 325 Å². The van der Waals surface area contributed by atoms with Crippen LogP contribution in [0, 0.1) is 33.1 Å². The molecule has 0 fully saturated rings. The summed E-state index contributed by atoms with van der Waals surface area (Å²) in [7, 11) is 0. The molecule has 0 aliphatic heterocycles. The summed E-state index contributed by atoms with van der Waals surface area (Å²) in [5.41, 5.74) is 6.32. The van der Waals surface area contributed by atoms with Crippen molar-refractivity contribution < 1.29 is 29.3 Å². The second-order valence-electron chi connectivity index (χ2n) is 14.4. The van der Waals surface area contributed by atoms with Gasteiger partial charge in [-0.1, -0.05) is 44.2 Å². The number of benzene rings is 4. The molecular weight excluding hydrogens is 693 g/mol. The maximum Gasteiger partial charge on any atom is 0.250 e. The zero-order chi connectivity index (χ0) is 40.0. The molecule has 55 heavy (non-hydrogen) atoms. The molecule has 0 spiro atoms. The molecule has 0 aliphatic carbocycles. The van der Waals surface area contributed by atoms with E-state index in [1.165, 1.54) is 24.6 Å². The maximum absolute atomic E-state index is 13.2. The van der Waals surface area contributed by atoms with Crippen LogP contribution in [-0.4, -0.2) is 60.8 Å². The van der Waals surface area contributed by atoms with Crippen molar-refractivity contribution in [3.63, 3.8) is 0 Å².